The number of nitrogens with one attached hydrogen (secondary N) is 1. The van der Waals surface area contributed by atoms with Crippen LogP contribution in [-0.2, 0) is 4.79 Å². The van der Waals surface area contributed by atoms with Crippen LogP contribution >= 0.6 is 0 Å². The third-order valence-corrected chi connectivity index (χ3v) is 3.66. The zero-order valence-corrected chi connectivity index (χ0v) is 11.4. The number of hydrogen-bond acceptors (Lipinski definition) is 3. The fourth-order valence-electron chi connectivity index (χ4n) is 2.81. The molecular weight excluding hydrogens is 214 g/mol. The van der Waals surface area contributed by atoms with Crippen LogP contribution < -0.4 is 11.1 Å². The summed E-state index contributed by atoms with van der Waals surface area (Å²) >= 11 is 0. The summed E-state index contributed by atoms with van der Waals surface area (Å²) < 4.78 is 0. The summed E-state index contributed by atoms with van der Waals surface area (Å²) in [6.07, 6.45) is 4.76. The summed E-state index contributed by atoms with van der Waals surface area (Å²) in [6, 6.07) is 1.58. The van der Waals surface area contributed by atoms with Gasteiger partial charge in [0.15, 0.2) is 0 Å². The lowest BCUT2D eigenvalue weighted by molar-refractivity contribution is -0.120. The van der Waals surface area contributed by atoms with Crippen LogP contribution in [0, 0.1) is 0 Å². The van der Waals surface area contributed by atoms with Crippen molar-refractivity contribution in [1.82, 2.24) is 10.2 Å². The van der Waals surface area contributed by atoms with E-state index in [9.17, 15) is 4.79 Å². The smallest absolute Gasteiger partial charge is 0.231 e. The fourth-order valence-corrected chi connectivity index (χ4v) is 2.81. The Bertz CT molecular complexity index is 235. The van der Waals surface area contributed by atoms with Gasteiger partial charge in [-0.1, -0.05) is 6.92 Å². The van der Waals surface area contributed by atoms with Gasteiger partial charge in [-0.25, -0.2) is 0 Å². The Morgan fingerprint density at radius 1 is 1.35 bits per heavy atom. The molecule has 1 aliphatic rings. The van der Waals surface area contributed by atoms with Gasteiger partial charge in [0.1, 0.15) is 0 Å². The first-order valence-corrected chi connectivity index (χ1v) is 6.82. The van der Waals surface area contributed by atoms with Crippen molar-refractivity contribution in [3.63, 3.8) is 0 Å². The quantitative estimate of drug-likeness (QED) is 0.732. The number of nitrogens with zero attached hydrogens (tertiary/aromatic N) is 1. The van der Waals surface area contributed by atoms with Gasteiger partial charge in [0.2, 0.25) is 5.91 Å². The molecule has 0 aromatic rings. The standard InChI is InChI=1S/C13H27N3O/c1-4-15-11-5-7-12(8-6-11)16(10(2)3)9-13(14)17/h10-12,15H,4-9H2,1-3H3,(H2,14,17). The van der Waals surface area contributed by atoms with E-state index >= 15 is 0 Å². The molecule has 4 nitrogen and oxygen atoms in total. The van der Waals surface area contributed by atoms with Crippen molar-refractivity contribution in [3.8, 4) is 0 Å². The van der Waals surface area contributed by atoms with Gasteiger partial charge in [-0.3, -0.25) is 9.69 Å². The minimum atomic E-state index is -0.215. The van der Waals surface area contributed by atoms with E-state index in [1.807, 2.05) is 0 Å². The zero-order chi connectivity index (χ0) is 12.8. The van der Waals surface area contributed by atoms with E-state index in [4.69, 9.17) is 5.73 Å². The van der Waals surface area contributed by atoms with Crippen LogP contribution in [0.1, 0.15) is 46.5 Å². The number of rotatable bonds is 6. The van der Waals surface area contributed by atoms with Crippen LogP contribution in [0.5, 0.6) is 0 Å². The van der Waals surface area contributed by atoms with Crippen LogP contribution in [0.3, 0.4) is 0 Å². The van der Waals surface area contributed by atoms with Gasteiger partial charge in [0, 0.05) is 18.1 Å². The van der Waals surface area contributed by atoms with E-state index in [1.165, 1.54) is 25.7 Å². The van der Waals surface area contributed by atoms with E-state index < -0.39 is 0 Å². The van der Waals surface area contributed by atoms with Crippen molar-refractivity contribution in [1.29, 1.82) is 0 Å². The summed E-state index contributed by atoms with van der Waals surface area (Å²) in [5.74, 6) is -0.215. The molecule has 0 bridgehead atoms. The summed E-state index contributed by atoms with van der Waals surface area (Å²) in [5.41, 5.74) is 5.32. The number of carbonyl (C=O) groups excluding carboxylic acids is 1. The minimum Gasteiger partial charge on any atom is -0.369 e. The minimum absolute atomic E-state index is 0.215. The highest BCUT2D eigenvalue weighted by atomic mass is 16.1. The normalized spacial score (nSPS) is 25.5. The van der Waals surface area contributed by atoms with Crippen LogP contribution in [0.25, 0.3) is 0 Å². The first-order valence-electron chi connectivity index (χ1n) is 6.82. The predicted molar refractivity (Wildman–Crippen MR) is 70.8 cm³/mol. The molecule has 0 radical (unpaired) electrons. The van der Waals surface area contributed by atoms with Crippen LogP contribution in [0.4, 0.5) is 0 Å². The Labute approximate surface area is 105 Å². The molecule has 0 atom stereocenters. The van der Waals surface area contributed by atoms with Gasteiger partial charge in [0.05, 0.1) is 6.54 Å². The lowest BCUT2D eigenvalue weighted by atomic mass is 9.89. The summed E-state index contributed by atoms with van der Waals surface area (Å²) in [6.45, 7) is 7.87. The van der Waals surface area contributed by atoms with Crippen molar-refractivity contribution in [2.45, 2.75) is 64.6 Å². The fraction of sp³-hybridized carbons (Fsp3) is 0.923. The molecule has 0 aromatic carbocycles. The molecule has 17 heavy (non-hydrogen) atoms. The largest absolute Gasteiger partial charge is 0.369 e. The number of primary amides is 1. The Morgan fingerprint density at radius 3 is 2.35 bits per heavy atom. The molecule has 0 spiro atoms. The van der Waals surface area contributed by atoms with Crippen LogP contribution in [0.2, 0.25) is 0 Å². The molecule has 1 saturated carbocycles. The molecule has 1 aliphatic carbocycles. The second-order valence-corrected chi connectivity index (χ2v) is 5.30. The first-order chi connectivity index (χ1) is 8.04. The molecule has 0 unspecified atom stereocenters. The molecule has 1 fully saturated rings. The molecule has 0 saturated heterocycles. The highest BCUT2D eigenvalue weighted by Crippen LogP contribution is 2.24. The molecule has 1 amide bonds. The summed E-state index contributed by atoms with van der Waals surface area (Å²) in [5, 5.41) is 3.50. The van der Waals surface area contributed by atoms with E-state index in [0.29, 0.717) is 24.7 Å². The maximum Gasteiger partial charge on any atom is 0.231 e. The molecule has 0 heterocycles. The van der Waals surface area contributed by atoms with Crippen molar-refractivity contribution >= 4 is 5.91 Å². The Balaban J connectivity index is 2.46. The third kappa shape index (κ3) is 4.64. The van der Waals surface area contributed by atoms with Crippen LogP contribution in [-0.4, -0.2) is 42.0 Å². The molecule has 3 N–H and O–H groups in total. The zero-order valence-electron chi connectivity index (χ0n) is 11.4. The maximum absolute atomic E-state index is 11.1. The number of hydrogen-bond donors (Lipinski definition) is 2. The van der Waals surface area contributed by atoms with Crippen molar-refractivity contribution in [2.24, 2.45) is 5.73 Å². The average molecular weight is 241 g/mol. The topological polar surface area (TPSA) is 58.4 Å². The molecule has 0 aromatic heterocycles. The molecule has 4 heteroatoms. The summed E-state index contributed by atoms with van der Waals surface area (Å²) in [7, 11) is 0. The average Bonchev–Trinajstić information content (AvgIpc) is 2.27. The molecule has 0 aliphatic heterocycles. The monoisotopic (exact) mass is 241 g/mol. The molecule has 1 rings (SSSR count). The highest BCUT2D eigenvalue weighted by molar-refractivity contribution is 5.76. The number of amides is 1. The lowest BCUT2D eigenvalue weighted by Gasteiger charge is -2.38. The van der Waals surface area contributed by atoms with E-state index in [1.54, 1.807) is 0 Å². The van der Waals surface area contributed by atoms with E-state index in [-0.39, 0.29) is 5.91 Å². The van der Waals surface area contributed by atoms with E-state index in [0.717, 1.165) is 6.54 Å². The first kappa shape index (κ1) is 14.5. The van der Waals surface area contributed by atoms with Gasteiger partial charge in [0.25, 0.3) is 0 Å². The predicted octanol–water partition coefficient (Wildman–Crippen LogP) is 1.10. The SMILES string of the molecule is CCNC1CCC(N(CC(N)=O)C(C)C)CC1. The van der Waals surface area contributed by atoms with Gasteiger partial charge < -0.3 is 11.1 Å². The maximum atomic E-state index is 11.1. The number of carbonyl (C=O) groups is 1. The van der Waals surface area contributed by atoms with Crippen molar-refractivity contribution in [2.75, 3.05) is 13.1 Å². The Morgan fingerprint density at radius 2 is 1.94 bits per heavy atom. The number of nitrogens with two attached hydrogens (primary N) is 1. The molecular formula is C13H27N3O. The van der Waals surface area contributed by atoms with Gasteiger partial charge in [-0.05, 0) is 46.1 Å². The second kappa shape index (κ2) is 6.97. The second-order valence-electron chi connectivity index (χ2n) is 5.30. The Kier molecular flexibility index (Phi) is 5.92. The molecule has 100 valence electrons. The Hall–Kier alpha value is -0.610. The van der Waals surface area contributed by atoms with Crippen molar-refractivity contribution < 1.29 is 4.79 Å². The van der Waals surface area contributed by atoms with Gasteiger partial charge in [-0.2, -0.15) is 0 Å². The van der Waals surface area contributed by atoms with Crippen LogP contribution in [0.15, 0.2) is 0 Å². The lowest BCUT2D eigenvalue weighted by Crippen LogP contribution is -2.48. The highest BCUT2D eigenvalue weighted by Gasteiger charge is 2.27. The van der Waals surface area contributed by atoms with Crippen molar-refractivity contribution in [3.05, 3.63) is 0 Å². The summed E-state index contributed by atoms with van der Waals surface area (Å²) in [4.78, 5) is 13.3. The van der Waals surface area contributed by atoms with E-state index in [2.05, 4.69) is 31.0 Å². The van der Waals surface area contributed by atoms with Gasteiger partial charge >= 0.3 is 0 Å². The van der Waals surface area contributed by atoms with Gasteiger partial charge in [-0.15, -0.1) is 0 Å². The third-order valence-electron chi connectivity index (χ3n) is 3.66.